The van der Waals surface area contributed by atoms with E-state index in [1.54, 1.807) is 6.92 Å². The molecule has 1 aromatic rings. The summed E-state index contributed by atoms with van der Waals surface area (Å²) in [7, 11) is 0.692. The van der Waals surface area contributed by atoms with Crippen LogP contribution >= 0.6 is 8.73 Å². The van der Waals surface area contributed by atoms with Crippen molar-refractivity contribution in [2.24, 2.45) is 0 Å². The Morgan fingerprint density at radius 2 is 1.92 bits per heavy atom. The summed E-state index contributed by atoms with van der Waals surface area (Å²) < 4.78 is 0. The van der Waals surface area contributed by atoms with Crippen molar-refractivity contribution in [3.63, 3.8) is 0 Å². The summed E-state index contributed by atoms with van der Waals surface area (Å²) >= 11 is 0. The van der Waals surface area contributed by atoms with Gasteiger partial charge in [-0.25, -0.2) is 0 Å². The van der Waals surface area contributed by atoms with Crippen molar-refractivity contribution in [1.29, 1.82) is 0 Å². The smallest absolute Gasteiger partial charge is 0.159 e. The van der Waals surface area contributed by atoms with Gasteiger partial charge in [-0.2, -0.15) is 0 Å². The van der Waals surface area contributed by atoms with Crippen LogP contribution in [-0.2, 0) is 0 Å². The maximum absolute atomic E-state index is 10.9. The zero-order valence-electron chi connectivity index (χ0n) is 7.22. The first-order valence-electron chi connectivity index (χ1n) is 3.78. The average molecular weight is 181 g/mol. The third kappa shape index (κ3) is 2.31. The van der Waals surface area contributed by atoms with Crippen molar-refractivity contribution in [1.82, 2.24) is 0 Å². The second kappa shape index (κ2) is 4.22. The number of anilines is 1. The fraction of sp³-hybridized carbons (Fsp3) is 0.222. The van der Waals surface area contributed by atoms with Crippen molar-refractivity contribution in [2.75, 3.05) is 11.8 Å². The lowest BCUT2D eigenvalue weighted by Crippen LogP contribution is -1.91. The summed E-state index contributed by atoms with van der Waals surface area (Å²) in [5, 5.41) is 3.19. The minimum absolute atomic E-state index is 0.112. The molecule has 1 N–H and O–H groups in total. The molecule has 0 aliphatic rings. The van der Waals surface area contributed by atoms with Crippen LogP contribution < -0.4 is 5.09 Å². The number of hydrogen-bond acceptors (Lipinski definition) is 2. The lowest BCUT2D eigenvalue weighted by Gasteiger charge is -2.02. The summed E-state index contributed by atoms with van der Waals surface area (Å²) in [5.74, 6) is 0.112. The van der Waals surface area contributed by atoms with Crippen LogP contribution in [0, 0.1) is 0 Å². The standard InChI is InChI=1S/C9H12NOP/c1-7(11)8-3-5-9(6-4-8)10-12-2/h3-6,10,12H,1-2H3. The van der Waals surface area contributed by atoms with E-state index in [0.29, 0.717) is 8.73 Å². The van der Waals surface area contributed by atoms with Crippen LogP contribution in [0.15, 0.2) is 24.3 Å². The molecule has 1 atom stereocenters. The number of ketones is 1. The lowest BCUT2D eigenvalue weighted by molar-refractivity contribution is 0.101. The fourth-order valence-electron chi connectivity index (χ4n) is 0.933. The molecule has 0 radical (unpaired) electrons. The molecule has 0 bridgehead atoms. The lowest BCUT2D eigenvalue weighted by atomic mass is 10.1. The molecule has 1 aromatic carbocycles. The molecule has 0 fully saturated rings. The first-order chi connectivity index (χ1) is 5.74. The number of rotatable bonds is 3. The van der Waals surface area contributed by atoms with Crippen LogP contribution in [0.5, 0.6) is 0 Å². The average Bonchev–Trinajstić information content (AvgIpc) is 2.06. The minimum Gasteiger partial charge on any atom is -0.367 e. The Labute approximate surface area is 74.2 Å². The molecular weight excluding hydrogens is 169 g/mol. The molecule has 0 saturated heterocycles. The van der Waals surface area contributed by atoms with Gasteiger partial charge in [0, 0.05) is 11.3 Å². The fourth-order valence-corrected chi connectivity index (χ4v) is 1.39. The molecule has 0 aromatic heterocycles. The van der Waals surface area contributed by atoms with Gasteiger partial charge >= 0.3 is 0 Å². The number of Topliss-reactive ketones (excluding diaryl/α,β-unsaturated/α-hetero) is 1. The van der Waals surface area contributed by atoms with E-state index in [-0.39, 0.29) is 5.78 Å². The number of hydrogen-bond donors (Lipinski definition) is 1. The third-order valence-electron chi connectivity index (χ3n) is 1.56. The second-order valence-electron chi connectivity index (χ2n) is 2.51. The molecule has 0 aliphatic heterocycles. The number of carbonyl (C=O) groups excluding carboxylic acids is 1. The second-order valence-corrected chi connectivity index (χ2v) is 3.26. The Bertz CT molecular complexity index is 268. The third-order valence-corrected chi connectivity index (χ3v) is 2.10. The highest BCUT2D eigenvalue weighted by Gasteiger charge is 1.96. The molecule has 64 valence electrons. The van der Waals surface area contributed by atoms with Crippen LogP contribution in [0.1, 0.15) is 17.3 Å². The molecule has 1 unspecified atom stereocenters. The summed E-state index contributed by atoms with van der Waals surface area (Å²) in [6.45, 7) is 3.64. The zero-order chi connectivity index (χ0) is 8.97. The van der Waals surface area contributed by atoms with Gasteiger partial charge in [0.2, 0.25) is 0 Å². The van der Waals surface area contributed by atoms with Crippen LogP contribution in [0.4, 0.5) is 5.69 Å². The molecule has 2 nitrogen and oxygen atoms in total. The normalized spacial score (nSPS) is 10.5. The summed E-state index contributed by atoms with van der Waals surface area (Å²) in [4.78, 5) is 10.9. The van der Waals surface area contributed by atoms with E-state index in [2.05, 4.69) is 11.8 Å². The molecule has 12 heavy (non-hydrogen) atoms. The van der Waals surface area contributed by atoms with Crippen molar-refractivity contribution in [3.8, 4) is 0 Å². The molecule has 0 saturated carbocycles. The first kappa shape index (κ1) is 9.21. The predicted octanol–water partition coefficient (Wildman–Crippen LogP) is 2.52. The van der Waals surface area contributed by atoms with Gasteiger partial charge in [-0.3, -0.25) is 4.79 Å². The zero-order valence-corrected chi connectivity index (χ0v) is 8.22. The van der Waals surface area contributed by atoms with Crippen LogP contribution in [0.3, 0.4) is 0 Å². The topological polar surface area (TPSA) is 29.1 Å². The highest BCUT2D eigenvalue weighted by Crippen LogP contribution is 2.14. The van der Waals surface area contributed by atoms with Crippen molar-refractivity contribution in [2.45, 2.75) is 6.92 Å². The van der Waals surface area contributed by atoms with Gasteiger partial charge in [0.1, 0.15) is 0 Å². The van der Waals surface area contributed by atoms with E-state index in [1.165, 1.54) is 0 Å². The van der Waals surface area contributed by atoms with E-state index < -0.39 is 0 Å². The molecule has 0 spiro atoms. The largest absolute Gasteiger partial charge is 0.367 e. The van der Waals surface area contributed by atoms with Crippen molar-refractivity contribution >= 4 is 20.2 Å². The van der Waals surface area contributed by atoms with Gasteiger partial charge in [0.15, 0.2) is 5.78 Å². The molecular formula is C9H12NOP. The Kier molecular flexibility index (Phi) is 3.24. The number of carbonyl (C=O) groups is 1. The van der Waals surface area contributed by atoms with Gasteiger partial charge in [-0.1, -0.05) is 0 Å². The summed E-state index contributed by atoms with van der Waals surface area (Å²) in [5.41, 5.74) is 1.83. The highest BCUT2D eigenvalue weighted by molar-refractivity contribution is 7.38. The van der Waals surface area contributed by atoms with Crippen molar-refractivity contribution in [3.05, 3.63) is 29.8 Å². The highest BCUT2D eigenvalue weighted by atomic mass is 31.1. The maximum atomic E-state index is 10.9. The van der Waals surface area contributed by atoms with E-state index in [4.69, 9.17) is 0 Å². The van der Waals surface area contributed by atoms with Gasteiger partial charge in [-0.05, 0) is 46.6 Å². The monoisotopic (exact) mass is 181 g/mol. The predicted molar refractivity (Wildman–Crippen MR) is 54.3 cm³/mol. The van der Waals surface area contributed by atoms with Crippen LogP contribution in [0.25, 0.3) is 0 Å². The van der Waals surface area contributed by atoms with E-state index in [9.17, 15) is 4.79 Å². The molecule has 0 aliphatic carbocycles. The molecule has 1 rings (SSSR count). The number of nitrogens with one attached hydrogen (secondary N) is 1. The van der Waals surface area contributed by atoms with Crippen LogP contribution in [0.2, 0.25) is 0 Å². The molecule has 0 heterocycles. The summed E-state index contributed by atoms with van der Waals surface area (Å²) in [6, 6.07) is 7.52. The van der Waals surface area contributed by atoms with E-state index >= 15 is 0 Å². The van der Waals surface area contributed by atoms with Gasteiger partial charge in [0.25, 0.3) is 0 Å². The van der Waals surface area contributed by atoms with Crippen LogP contribution in [-0.4, -0.2) is 12.4 Å². The quantitative estimate of drug-likeness (QED) is 0.573. The SMILES string of the molecule is CPNc1ccc(C(C)=O)cc1. The van der Waals surface area contributed by atoms with E-state index in [0.717, 1.165) is 11.3 Å². The van der Waals surface area contributed by atoms with E-state index in [1.807, 2.05) is 24.3 Å². The Hall–Kier alpha value is -0.880. The van der Waals surface area contributed by atoms with Gasteiger partial charge in [0.05, 0.1) is 0 Å². The number of benzene rings is 1. The maximum Gasteiger partial charge on any atom is 0.159 e. The Morgan fingerprint density at radius 3 is 2.33 bits per heavy atom. The van der Waals surface area contributed by atoms with Gasteiger partial charge < -0.3 is 5.09 Å². The Balaban J connectivity index is 2.78. The molecule has 3 heteroatoms. The van der Waals surface area contributed by atoms with Crippen molar-refractivity contribution < 1.29 is 4.79 Å². The minimum atomic E-state index is 0.112. The molecule has 0 amide bonds. The first-order valence-corrected chi connectivity index (χ1v) is 5.28. The summed E-state index contributed by atoms with van der Waals surface area (Å²) in [6.07, 6.45) is 0. The van der Waals surface area contributed by atoms with Gasteiger partial charge in [-0.15, -0.1) is 0 Å². The Morgan fingerprint density at radius 1 is 1.33 bits per heavy atom.